The molecule has 0 aromatic heterocycles. The van der Waals surface area contributed by atoms with Gasteiger partial charge in [-0.15, -0.1) is 11.8 Å². The standard InChI is InChI=1S/C21H23ClF3N5O2S2/c1-29-6-8-30(9-7-29)34(31,32)17-4-2-15(3-5-17)20-18(21(23,24)25)10-16(11-19(20)22)28-14-33-13-27-12-26/h2-5,10-11,27-28H,6-9,13-14H2,1H3. The molecule has 3 rings (SSSR count). The highest BCUT2D eigenvalue weighted by molar-refractivity contribution is 7.99. The van der Waals surface area contributed by atoms with Crippen LogP contribution in [0.3, 0.4) is 0 Å². The van der Waals surface area contributed by atoms with Crippen LogP contribution in [0.2, 0.25) is 5.02 Å². The molecular weight excluding hydrogens is 511 g/mol. The number of nitrogens with zero attached hydrogens (tertiary/aromatic N) is 3. The topological polar surface area (TPSA) is 88.5 Å². The molecule has 0 spiro atoms. The predicted octanol–water partition coefficient (Wildman–Crippen LogP) is 4.09. The Morgan fingerprint density at radius 2 is 1.76 bits per heavy atom. The maximum absolute atomic E-state index is 13.9. The highest BCUT2D eigenvalue weighted by Crippen LogP contribution is 2.43. The molecule has 0 amide bonds. The summed E-state index contributed by atoms with van der Waals surface area (Å²) in [6.45, 7) is 1.92. The van der Waals surface area contributed by atoms with E-state index in [1.807, 2.05) is 11.9 Å². The zero-order valence-corrected chi connectivity index (χ0v) is 20.6. The highest BCUT2D eigenvalue weighted by atomic mass is 35.5. The van der Waals surface area contributed by atoms with Crippen molar-refractivity contribution in [2.75, 3.05) is 50.3 Å². The van der Waals surface area contributed by atoms with Crippen molar-refractivity contribution in [2.24, 2.45) is 0 Å². The Morgan fingerprint density at radius 3 is 2.35 bits per heavy atom. The summed E-state index contributed by atoms with van der Waals surface area (Å²) in [4.78, 5) is 2.04. The Balaban J connectivity index is 1.88. The van der Waals surface area contributed by atoms with Crippen LogP contribution < -0.4 is 10.6 Å². The third-order valence-electron chi connectivity index (χ3n) is 5.27. The fraction of sp³-hybridized carbons (Fsp3) is 0.381. The van der Waals surface area contributed by atoms with Crippen LogP contribution in [0.1, 0.15) is 5.56 Å². The minimum absolute atomic E-state index is 0.0202. The number of anilines is 1. The first-order chi connectivity index (χ1) is 16.0. The van der Waals surface area contributed by atoms with Crippen LogP contribution in [0, 0.1) is 11.5 Å². The van der Waals surface area contributed by atoms with Gasteiger partial charge in [-0.05, 0) is 36.9 Å². The molecule has 1 heterocycles. The molecule has 2 N–H and O–H groups in total. The molecule has 184 valence electrons. The summed E-state index contributed by atoms with van der Waals surface area (Å²) in [7, 11) is -1.83. The predicted molar refractivity (Wildman–Crippen MR) is 128 cm³/mol. The van der Waals surface area contributed by atoms with Gasteiger partial charge < -0.3 is 15.5 Å². The Bertz CT molecular complexity index is 1150. The molecule has 1 aliphatic heterocycles. The van der Waals surface area contributed by atoms with E-state index in [2.05, 4.69) is 10.6 Å². The summed E-state index contributed by atoms with van der Waals surface area (Å²) in [5, 5.41) is 13.6. The third-order valence-corrected chi connectivity index (χ3v) is 8.18. The van der Waals surface area contributed by atoms with Crippen molar-refractivity contribution in [2.45, 2.75) is 11.1 Å². The first-order valence-corrected chi connectivity index (χ1v) is 13.1. The second-order valence-corrected chi connectivity index (χ2v) is 10.9. The summed E-state index contributed by atoms with van der Waals surface area (Å²) in [6, 6.07) is 7.66. The van der Waals surface area contributed by atoms with Crippen molar-refractivity contribution in [3.8, 4) is 17.3 Å². The maximum atomic E-state index is 13.9. The monoisotopic (exact) mass is 533 g/mol. The second-order valence-electron chi connectivity index (χ2n) is 7.57. The van der Waals surface area contributed by atoms with Gasteiger partial charge >= 0.3 is 6.18 Å². The minimum Gasteiger partial charge on any atom is -0.376 e. The third kappa shape index (κ3) is 6.28. The number of alkyl halides is 3. The average Bonchev–Trinajstić information content (AvgIpc) is 2.78. The molecular formula is C21H23ClF3N5O2S2. The lowest BCUT2D eigenvalue weighted by Crippen LogP contribution is -2.46. The molecule has 7 nitrogen and oxygen atoms in total. The van der Waals surface area contributed by atoms with E-state index in [0.717, 1.165) is 6.07 Å². The van der Waals surface area contributed by atoms with Crippen LogP contribution in [-0.2, 0) is 16.2 Å². The van der Waals surface area contributed by atoms with Crippen LogP contribution in [0.5, 0.6) is 0 Å². The number of likely N-dealkylation sites (N-methyl/N-ethyl adjacent to an activating group) is 1. The normalized spacial score (nSPS) is 15.6. The number of piperazine rings is 1. The second kappa shape index (κ2) is 11.0. The van der Waals surface area contributed by atoms with E-state index < -0.39 is 21.8 Å². The smallest absolute Gasteiger partial charge is 0.376 e. The summed E-state index contributed by atoms with van der Waals surface area (Å²) in [6.07, 6.45) is -2.93. The maximum Gasteiger partial charge on any atom is 0.417 e. The molecule has 0 unspecified atom stereocenters. The van der Waals surface area contributed by atoms with Gasteiger partial charge in [0.15, 0.2) is 6.19 Å². The summed E-state index contributed by atoms with van der Waals surface area (Å²) >= 11 is 7.54. The fourth-order valence-electron chi connectivity index (χ4n) is 3.47. The number of hydrogen-bond acceptors (Lipinski definition) is 7. The van der Waals surface area contributed by atoms with E-state index in [4.69, 9.17) is 16.9 Å². The number of benzene rings is 2. The number of thioether (sulfide) groups is 1. The van der Waals surface area contributed by atoms with Gasteiger partial charge in [0, 0.05) is 37.4 Å². The van der Waals surface area contributed by atoms with Crippen molar-refractivity contribution in [1.82, 2.24) is 14.5 Å². The zero-order chi connectivity index (χ0) is 24.9. The Labute approximate surface area is 205 Å². The number of hydrogen-bond donors (Lipinski definition) is 2. The number of sulfonamides is 1. The van der Waals surface area contributed by atoms with Crippen molar-refractivity contribution in [3.63, 3.8) is 0 Å². The molecule has 2 aromatic carbocycles. The first-order valence-electron chi connectivity index (χ1n) is 10.2. The number of nitriles is 1. The molecule has 2 aromatic rings. The van der Waals surface area contributed by atoms with Gasteiger partial charge in [0.1, 0.15) is 0 Å². The lowest BCUT2D eigenvalue weighted by molar-refractivity contribution is -0.137. The van der Waals surface area contributed by atoms with Gasteiger partial charge in [-0.3, -0.25) is 0 Å². The molecule has 1 aliphatic rings. The van der Waals surface area contributed by atoms with Crippen molar-refractivity contribution >= 4 is 39.1 Å². The van der Waals surface area contributed by atoms with E-state index in [0.29, 0.717) is 32.1 Å². The first kappa shape index (κ1) is 26.4. The quantitative estimate of drug-likeness (QED) is 0.229. The molecule has 0 aliphatic carbocycles. The van der Waals surface area contributed by atoms with Crippen LogP contribution in [0.4, 0.5) is 18.9 Å². The SMILES string of the molecule is CN1CCN(S(=O)(=O)c2ccc(-c3c(Cl)cc(NCSCNC#N)cc3C(F)(F)F)cc2)CC1. The molecule has 0 radical (unpaired) electrons. The van der Waals surface area contributed by atoms with Crippen LogP contribution in [0.15, 0.2) is 41.3 Å². The average molecular weight is 534 g/mol. The van der Waals surface area contributed by atoms with Crippen LogP contribution in [0.25, 0.3) is 11.1 Å². The Morgan fingerprint density at radius 1 is 1.12 bits per heavy atom. The largest absolute Gasteiger partial charge is 0.417 e. The number of nitrogens with one attached hydrogen (secondary N) is 2. The van der Waals surface area contributed by atoms with E-state index in [1.54, 1.807) is 6.19 Å². The lowest BCUT2D eigenvalue weighted by Gasteiger charge is -2.31. The van der Waals surface area contributed by atoms with E-state index in [-0.39, 0.29) is 32.6 Å². The van der Waals surface area contributed by atoms with Gasteiger partial charge in [0.2, 0.25) is 10.0 Å². The Hall–Kier alpha value is -2.17. The van der Waals surface area contributed by atoms with Crippen LogP contribution >= 0.6 is 23.4 Å². The molecule has 0 saturated carbocycles. The molecule has 34 heavy (non-hydrogen) atoms. The molecule has 13 heteroatoms. The van der Waals surface area contributed by atoms with Crippen molar-refractivity contribution in [3.05, 3.63) is 47.0 Å². The molecule has 0 atom stereocenters. The van der Waals surface area contributed by atoms with Gasteiger partial charge in [0.25, 0.3) is 0 Å². The van der Waals surface area contributed by atoms with Gasteiger partial charge in [-0.25, -0.2) is 8.42 Å². The van der Waals surface area contributed by atoms with Crippen LogP contribution in [-0.4, -0.2) is 62.6 Å². The van der Waals surface area contributed by atoms with E-state index in [1.165, 1.54) is 46.4 Å². The van der Waals surface area contributed by atoms with E-state index >= 15 is 0 Å². The fourth-order valence-corrected chi connectivity index (χ4v) is 5.75. The molecule has 0 bridgehead atoms. The zero-order valence-electron chi connectivity index (χ0n) is 18.2. The number of rotatable bonds is 8. The van der Waals surface area contributed by atoms with Gasteiger partial charge in [-0.1, -0.05) is 23.7 Å². The highest BCUT2D eigenvalue weighted by Gasteiger charge is 2.35. The van der Waals surface area contributed by atoms with Crippen molar-refractivity contribution in [1.29, 1.82) is 5.26 Å². The summed E-state index contributed by atoms with van der Waals surface area (Å²) in [5.74, 6) is 0.575. The Kier molecular flexibility index (Phi) is 8.59. The summed E-state index contributed by atoms with van der Waals surface area (Å²) < 4.78 is 68.8. The summed E-state index contributed by atoms with van der Waals surface area (Å²) in [5.41, 5.74) is -0.812. The minimum atomic E-state index is -4.68. The van der Waals surface area contributed by atoms with Crippen molar-refractivity contribution < 1.29 is 21.6 Å². The molecule has 1 fully saturated rings. The lowest BCUT2D eigenvalue weighted by atomic mass is 9.98. The molecule has 1 saturated heterocycles. The van der Waals surface area contributed by atoms with E-state index in [9.17, 15) is 21.6 Å². The van der Waals surface area contributed by atoms with Gasteiger partial charge in [-0.2, -0.15) is 22.7 Å². The van der Waals surface area contributed by atoms with Gasteiger partial charge in [0.05, 0.1) is 27.2 Å². The number of halogens is 4.